The second kappa shape index (κ2) is 20.4. The average Bonchev–Trinajstić information content (AvgIpc) is 2.97. The van der Waals surface area contributed by atoms with Gasteiger partial charge in [0.25, 0.3) is 0 Å². The zero-order chi connectivity index (χ0) is 30.4. The average molecular weight is 621 g/mol. The zero-order valence-electron chi connectivity index (χ0n) is 28.4. The third-order valence-corrected chi connectivity index (χ3v) is 9.56. The summed E-state index contributed by atoms with van der Waals surface area (Å²) < 4.78 is 25.5. The number of benzene rings is 2. The van der Waals surface area contributed by atoms with Gasteiger partial charge >= 0.3 is 37.4 Å². The largest absolute Gasteiger partial charge is 1.00 e. The second-order valence-electron chi connectivity index (χ2n) is 12.5. The van der Waals surface area contributed by atoms with Crippen LogP contribution in [0.3, 0.4) is 0 Å². The second-order valence-corrected chi connectivity index (χ2v) is 13.8. The standard InChI is InChI=1S/C37H59O4P.Na/c1-6-11-16-17-18-19-24-33-34-27-29(20-12-7-2)25-31(22-14-9-4)36(34)40-42(38,39)41-37-32(23-15-10-5)26-30(21-13-8-3)28-35(33)37;/h25-28,33H,6-24H2,1-5H3,(H,38,39);/q;+1/p-1. The SMILES string of the molecule is CCCCCCCCC1c2cc(CCCC)cc(CCCC)c2OP(=O)([O-])Oc2c(CCCC)cc(CCCC)cc21.[Na+]. The Morgan fingerprint density at radius 3 is 1.42 bits per heavy atom. The first-order chi connectivity index (χ1) is 20.4. The Morgan fingerprint density at radius 1 is 0.581 bits per heavy atom. The van der Waals surface area contributed by atoms with Gasteiger partial charge in [-0.1, -0.05) is 123 Å². The quantitative estimate of drug-likeness (QED) is 0.0903. The molecular weight excluding hydrogens is 562 g/mol. The Kier molecular flexibility index (Phi) is 18.2. The van der Waals surface area contributed by atoms with Crippen molar-refractivity contribution in [1.29, 1.82) is 0 Å². The molecule has 0 fully saturated rings. The van der Waals surface area contributed by atoms with E-state index in [-0.39, 0.29) is 35.5 Å². The van der Waals surface area contributed by atoms with E-state index in [1.807, 2.05) is 0 Å². The molecule has 2 aromatic rings. The first kappa shape index (κ1) is 38.4. The van der Waals surface area contributed by atoms with E-state index < -0.39 is 7.82 Å². The number of rotatable bonds is 19. The number of fused-ring (bicyclic) bond motifs is 2. The van der Waals surface area contributed by atoms with Crippen LogP contribution >= 0.6 is 7.82 Å². The van der Waals surface area contributed by atoms with E-state index in [2.05, 4.69) is 58.9 Å². The maximum absolute atomic E-state index is 13.6. The monoisotopic (exact) mass is 620 g/mol. The van der Waals surface area contributed by atoms with Crippen molar-refractivity contribution in [2.45, 2.75) is 163 Å². The summed E-state index contributed by atoms with van der Waals surface area (Å²) >= 11 is 0. The molecule has 0 amide bonds. The molecule has 0 aromatic heterocycles. The normalized spacial score (nSPS) is 17.6. The predicted molar refractivity (Wildman–Crippen MR) is 176 cm³/mol. The van der Waals surface area contributed by atoms with Crippen LogP contribution in [0.15, 0.2) is 24.3 Å². The maximum Gasteiger partial charge on any atom is 1.00 e. The Morgan fingerprint density at radius 2 is 0.977 bits per heavy atom. The van der Waals surface area contributed by atoms with Gasteiger partial charge in [0.1, 0.15) is 11.5 Å². The first-order valence-corrected chi connectivity index (χ1v) is 18.8. The van der Waals surface area contributed by atoms with Crippen molar-refractivity contribution in [3.63, 3.8) is 0 Å². The third kappa shape index (κ3) is 11.8. The number of unbranched alkanes of at least 4 members (excludes halogenated alkanes) is 9. The van der Waals surface area contributed by atoms with Crippen molar-refractivity contribution in [3.05, 3.63) is 57.6 Å². The summed E-state index contributed by atoms with van der Waals surface area (Å²) in [6, 6.07) is 8.97. The van der Waals surface area contributed by atoms with E-state index in [0.717, 1.165) is 112 Å². The fraction of sp³-hybridized carbons (Fsp3) is 0.676. The first-order valence-electron chi connectivity index (χ1n) is 17.4. The molecule has 0 atom stereocenters. The van der Waals surface area contributed by atoms with Gasteiger partial charge in [0, 0.05) is 17.0 Å². The fourth-order valence-corrected chi connectivity index (χ4v) is 7.24. The summed E-state index contributed by atoms with van der Waals surface area (Å²) in [6.45, 7) is 11.1. The molecule has 0 spiro atoms. The topological polar surface area (TPSA) is 58.6 Å². The molecule has 1 aliphatic rings. The van der Waals surface area contributed by atoms with Crippen LogP contribution in [0, 0.1) is 0 Å². The molecule has 0 aliphatic carbocycles. The van der Waals surface area contributed by atoms with Gasteiger partial charge in [0.2, 0.25) is 0 Å². The van der Waals surface area contributed by atoms with Crippen LogP contribution < -0.4 is 43.5 Å². The van der Waals surface area contributed by atoms with Crippen molar-refractivity contribution in [2.24, 2.45) is 0 Å². The summed E-state index contributed by atoms with van der Waals surface area (Å²) in [7, 11) is -4.63. The summed E-state index contributed by atoms with van der Waals surface area (Å²) in [5, 5.41) is 0. The minimum Gasteiger partial charge on any atom is -0.736 e. The van der Waals surface area contributed by atoms with Crippen LogP contribution in [-0.2, 0) is 30.2 Å². The van der Waals surface area contributed by atoms with Crippen LogP contribution in [0.2, 0.25) is 0 Å². The van der Waals surface area contributed by atoms with E-state index in [1.165, 1.54) is 43.2 Å². The maximum atomic E-state index is 13.6. The van der Waals surface area contributed by atoms with Crippen molar-refractivity contribution < 1.29 is 48.1 Å². The van der Waals surface area contributed by atoms with Gasteiger partial charge in [-0.05, 0) is 80.0 Å². The summed E-state index contributed by atoms with van der Waals surface area (Å²) in [5.74, 6) is 1.13. The molecule has 236 valence electrons. The summed E-state index contributed by atoms with van der Waals surface area (Å²) in [6.07, 6.45) is 20.6. The zero-order valence-corrected chi connectivity index (χ0v) is 31.3. The molecule has 0 radical (unpaired) electrons. The Hall–Kier alpha value is -0.770. The summed E-state index contributed by atoms with van der Waals surface area (Å²) in [4.78, 5) is 13.6. The molecule has 1 aliphatic heterocycles. The Labute approximate surface area is 286 Å². The number of aryl methyl sites for hydroxylation is 4. The van der Waals surface area contributed by atoms with Crippen LogP contribution in [0.25, 0.3) is 0 Å². The summed E-state index contributed by atoms with van der Waals surface area (Å²) in [5.41, 5.74) is 6.75. The van der Waals surface area contributed by atoms with Gasteiger partial charge in [0.15, 0.2) is 0 Å². The van der Waals surface area contributed by atoms with Crippen LogP contribution in [0.1, 0.15) is 170 Å². The van der Waals surface area contributed by atoms with Crippen LogP contribution in [0.5, 0.6) is 11.5 Å². The molecule has 4 nitrogen and oxygen atoms in total. The number of phosphoric ester groups is 1. The molecule has 2 aromatic carbocycles. The van der Waals surface area contributed by atoms with Gasteiger partial charge in [0.05, 0.1) is 0 Å². The number of hydrogen-bond acceptors (Lipinski definition) is 4. The predicted octanol–water partition coefficient (Wildman–Crippen LogP) is 8.18. The van der Waals surface area contributed by atoms with E-state index in [9.17, 15) is 9.46 Å². The Bertz CT molecular complexity index is 1070. The van der Waals surface area contributed by atoms with Crippen molar-refractivity contribution in [1.82, 2.24) is 0 Å². The molecule has 0 saturated heterocycles. The molecule has 6 heteroatoms. The van der Waals surface area contributed by atoms with E-state index in [1.54, 1.807) is 0 Å². The molecule has 3 rings (SSSR count). The van der Waals surface area contributed by atoms with Crippen molar-refractivity contribution >= 4 is 7.82 Å². The van der Waals surface area contributed by atoms with Crippen LogP contribution in [0.4, 0.5) is 0 Å². The van der Waals surface area contributed by atoms with Crippen molar-refractivity contribution in [3.8, 4) is 11.5 Å². The van der Waals surface area contributed by atoms with Gasteiger partial charge in [-0.2, -0.15) is 0 Å². The van der Waals surface area contributed by atoms with Crippen LogP contribution in [-0.4, -0.2) is 0 Å². The van der Waals surface area contributed by atoms with Gasteiger partial charge < -0.3 is 13.9 Å². The molecule has 0 unspecified atom stereocenters. The Balaban J connectivity index is 0.00000645. The van der Waals surface area contributed by atoms with E-state index >= 15 is 0 Å². The minimum absolute atomic E-state index is 0. The van der Waals surface area contributed by atoms with E-state index in [4.69, 9.17) is 9.05 Å². The molecule has 43 heavy (non-hydrogen) atoms. The van der Waals surface area contributed by atoms with Gasteiger partial charge in [-0.15, -0.1) is 0 Å². The minimum atomic E-state index is -4.63. The van der Waals surface area contributed by atoms with Gasteiger partial charge in [-0.3, -0.25) is 0 Å². The molecule has 0 bridgehead atoms. The van der Waals surface area contributed by atoms with E-state index in [0.29, 0.717) is 11.5 Å². The molecule has 1 heterocycles. The molecule has 0 N–H and O–H groups in total. The fourth-order valence-electron chi connectivity index (χ4n) is 6.31. The number of phosphoric acid groups is 1. The number of hydrogen-bond donors (Lipinski definition) is 0. The smallest absolute Gasteiger partial charge is 0.736 e. The third-order valence-electron chi connectivity index (χ3n) is 8.75. The van der Waals surface area contributed by atoms with Crippen molar-refractivity contribution in [2.75, 3.05) is 0 Å². The molecular formula is C37H58NaO4P. The molecule has 0 saturated carbocycles. The van der Waals surface area contributed by atoms with Gasteiger partial charge in [-0.25, -0.2) is 4.57 Å².